The fraction of sp³-hybridized carbons (Fsp3) is 0.286. The number of rotatable bonds is 10. The van der Waals surface area contributed by atoms with Crippen LogP contribution >= 0.6 is 35.6 Å². The highest BCUT2D eigenvalue weighted by molar-refractivity contribution is 6.35. The molecule has 0 spiro atoms. The number of halogens is 3. The van der Waals surface area contributed by atoms with E-state index in [0.717, 1.165) is 37.2 Å². The highest BCUT2D eigenvalue weighted by Gasteiger charge is 2.10. The molecule has 0 amide bonds. The van der Waals surface area contributed by atoms with Gasteiger partial charge in [-0.1, -0.05) is 35.3 Å². The molecule has 0 aliphatic carbocycles. The molecule has 2 aromatic carbocycles. The summed E-state index contributed by atoms with van der Waals surface area (Å²) in [4.78, 5) is 4.04. The van der Waals surface area contributed by atoms with Gasteiger partial charge in [-0.15, -0.1) is 12.4 Å². The average Bonchev–Trinajstić information content (AvgIpc) is 3.21. The molecule has 0 radical (unpaired) electrons. The van der Waals surface area contributed by atoms with Gasteiger partial charge in [-0.2, -0.15) is 0 Å². The Bertz CT molecular complexity index is 869. The minimum Gasteiger partial charge on any atom is -0.493 e. The summed E-state index contributed by atoms with van der Waals surface area (Å²) in [5.74, 6) is 1.34. The fourth-order valence-corrected chi connectivity index (χ4v) is 3.31. The van der Waals surface area contributed by atoms with E-state index in [2.05, 4.69) is 14.9 Å². The topological polar surface area (TPSA) is 48.3 Å². The van der Waals surface area contributed by atoms with Crippen LogP contribution < -0.4 is 14.8 Å². The molecule has 0 unspecified atom stereocenters. The zero-order chi connectivity index (χ0) is 19.8. The summed E-state index contributed by atoms with van der Waals surface area (Å²) in [6.07, 6.45) is 6.63. The molecule has 29 heavy (non-hydrogen) atoms. The van der Waals surface area contributed by atoms with Gasteiger partial charge in [-0.05, 0) is 42.8 Å². The molecule has 0 fully saturated rings. The van der Waals surface area contributed by atoms with Crippen LogP contribution in [0.5, 0.6) is 11.5 Å². The molecule has 1 aromatic heterocycles. The Labute approximate surface area is 187 Å². The van der Waals surface area contributed by atoms with Crippen molar-refractivity contribution >= 4 is 35.6 Å². The number of ether oxygens (including phenoxy) is 2. The Morgan fingerprint density at radius 1 is 1.10 bits per heavy atom. The van der Waals surface area contributed by atoms with Gasteiger partial charge in [0.2, 0.25) is 0 Å². The molecule has 3 aromatic rings. The number of nitrogens with zero attached hydrogens (tertiary/aromatic N) is 2. The van der Waals surface area contributed by atoms with Crippen molar-refractivity contribution in [3.8, 4) is 11.5 Å². The molecular weight excluding hydrogens is 433 g/mol. The molecule has 1 N–H and O–H groups in total. The minimum atomic E-state index is 0. The number of aromatic nitrogens is 2. The van der Waals surface area contributed by atoms with Crippen LogP contribution in [0.2, 0.25) is 10.0 Å². The van der Waals surface area contributed by atoms with Gasteiger partial charge in [0, 0.05) is 41.1 Å². The summed E-state index contributed by atoms with van der Waals surface area (Å²) in [6, 6.07) is 11.3. The Morgan fingerprint density at radius 3 is 2.59 bits per heavy atom. The zero-order valence-corrected chi connectivity index (χ0v) is 18.4. The number of nitrogens with one attached hydrogen (secondary N) is 1. The smallest absolute Gasteiger partial charge is 0.161 e. The van der Waals surface area contributed by atoms with Crippen LogP contribution in [-0.4, -0.2) is 23.2 Å². The third-order valence-electron chi connectivity index (χ3n) is 4.32. The third-order valence-corrected chi connectivity index (χ3v) is 5.03. The van der Waals surface area contributed by atoms with E-state index in [1.54, 1.807) is 25.4 Å². The van der Waals surface area contributed by atoms with E-state index in [0.29, 0.717) is 21.5 Å². The van der Waals surface area contributed by atoms with E-state index in [1.807, 2.05) is 36.8 Å². The van der Waals surface area contributed by atoms with Crippen molar-refractivity contribution in [2.75, 3.05) is 13.7 Å². The second kappa shape index (κ2) is 11.9. The average molecular weight is 457 g/mol. The van der Waals surface area contributed by atoms with Crippen LogP contribution in [0.3, 0.4) is 0 Å². The van der Waals surface area contributed by atoms with Crippen molar-refractivity contribution < 1.29 is 9.47 Å². The van der Waals surface area contributed by atoms with Gasteiger partial charge in [0.25, 0.3) is 0 Å². The molecule has 0 saturated carbocycles. The maximum atomic E-state index is 6.20. The van der Waals surface area contributed by atoms with Gasteiger partial charge in [-0.25, -0.2) is 4.98 Å². The normalized spacial score (nSPS) is 10.4. The van der Waals surface area contributed by atoms with Crippen LogP contribution in [0.4, 0.5) is 0 Å². The number of aryl methyl sites for hydroxylation is 1. The van der Waals surface area contributed by atoms with Gasteiger partial charge in [0.15, 0.2) is 11.5 Å². The largest absolute Gasteiger partial charge is 0.493 e. The lowest BCUT2D eigenvalue weighted by atomic mass is 10.2. The second-order valence-electron chi connectivity index (χ2n) is 6.30. The summed E-state index contributed by atoms with van der Waals surface area (Å²) in [7, 11) is 1.63. The molecule has 0 bridgehead atoms. The second-order valence-corrected chi connectivity index (χ2v) is 7.12. The summed E-state index contributed by atoms with van der Waals surface area (Å²) in [5.41, 5.74) is 1.89. The number of imidazole rings is 1. The van der Waals surface area contributed by atoms with Gasteiger partial charge < -0.3 is 19.4 Å². The maximum Gasteiger partial charge on any atom is 0.161 e. The molecule has 5 nitrogen and oxygen atoms in total. The molecule has 0 aliphatic rings. The van der Waals surface area contributed by atoms with Gasteiger partial charge >= 0.3 is 0 Å². The Balaban J connectivity index is 0.00000300. The van der Waals surface area contributed by atoms with E-state index >= 15 is 0 Å². The van der Waals surface area contributed by atoms with E-state index in [-0.39, 0.29) is 19.0 Å². The first-order valence-corrected chi connectivity index (χ1v) is 9.82. The summed E-state index contributed by atoms with van der Waals surface area (Å²) >= 11 is 12.4. The SMILES string of the molecule is COc1cc(CNCCCn2ccnc2)ccc1OCc1c(Cl)cccc1Cl.Cl. The standard InChI is InChI=1S/C21H23Cl2N3O2.ClH/c1-27-21-12-16(13-24-8-3-10-26-11-9-25-15-26)6-7-20(21)28-14-17-18(22)4-2-5-19(17)23;/h2,4-7,9,11-12,15,24H,3,8,10,13-14H2,1H3;1H. The summed E-state index contributed by atoms with van der Waals surface area (Å²) < 4.78 is 13.4. The first-order chi connectivity index (χ1) is 13.7. The van der Waals surface area contributed by atoms with Gasteiger partial charge in [0.1, 0.15) is 6.61 Å². The predicted molar refractivity (Wildman–Crippen MR) is 120 cm³/mol. The minimum absolute atomic E-state index is 0. The van der Waals surface area contributed by atoms with Gasteiger partial charge in [0.05, 0.1) is 13.4 Å². The molecule has 8 heteroatoms. The van der Waals surface area contributed by atoms with Crippen molar-refractivity contribution in [3.63, 3.8) is 0 Å². The third kappa shape index (κ3) is 6.82. The number of hydrogen-bond acceptors (Lipinski definition) is 4. The van der Waals surface area contributed by atoms with Crippen LogP contribution in [0.15, 0.2) is 55.1 Å². The van der Waals surface area contributed by atoms with Crippen molar-refractivity contribution in [2.24, 2.45) is 0 Å². The molecule has 1 heterocycles. The van der Waals surface area contributed by atoms with Crippen molar-refractivity contribution in [2.45, 2.75) is 26.1 Å². The zero-order valence-electron chi connectivity index (χ0n) is 16.1. The molecule has 3 rings (SSSR count). The highest BCUT2D eigenvalue weighted by Crippen LogP contribution is 2.31. The first-order valence-electron chi connectivity index (χ1n) is 9.06. The number of benzene rings is 2. The molecule has 0 aliphatic heterocycles. The number of methoxy groups -OCH3 is 1. The molecule has 0 saturated heterocycles. The Kier molecular flexibility index (Phi) is 9.61. The lowest BCUT2D eigenvalue weighted by molar-refractivity contribution is 0.284. The van der Waals surface area contributed by atoms with E-state index in [4.69, 9.17) is 32.7 Å². The maximum absolute atomic E-state index is 6.20. The van der Waals surface area contributed by atoms with Crippen LogP contribution in [0.25, 0.3) is 0 Å². The Hall–Kier alpha value is -1.92. The number of hydrogen-bond donors (Lipinski definition) is 1. The van der Waals surface area contributed by atoms with Crippen LogP contribution in [0.1, 0.15) is 17.5 Å². The van der Waals surface area contributed by atoms with E-state index in [9.17, 15) is 0 Å². The molecule has 156 valence electrons. The van der Waals surface area contributed by atoms with E-state index in [1.165, 1.54) is 0 Å². The van der Waals surface area contributed by atoms with E-state index < -0.39 is 0 Å². The molecule has 0 atom stereocenters. The monoisotopic (exact) mass is 455 g/mol. The highest BCUT2D eigenvalue weighted by atomic mass is 35.5. The van der Waals surface area contributed by atoms with Crippen molar-refractivity contribution in [3.05, 3.63) is 76.3 Å². The van der Waals surface area contributed by atoms with Crippen molar-refractivity contribution in [1.82, 2.24) is 14.9 Å². The predicted octanol–water partition coefficient (Wildman–Crippen LogP) is 5.38. The lowest BCUT2D eigenvalue weighted by Gasteiger charge is -2.14. The van der Waals surface area contributed by atoms with Gasteiger partial charge in [-0.3, -0.25) is 0 Å². The van der Waals surface area contributed by atoms with Crippen LogP contribution in [0, 0.1) is 0 Å². The summed E-state index contributed by atoms with van der Waals surface area (Å²) in [5, 5.41) is 4.61. The fourth-order valence-electron chi connectivity index (χ4n) is 2.80. The van der Waals surface area contributed by atoms with Crippen molar-refractivity contribution in [1.29, 1.82) is 0 Å². The summed E-state index contributed by atoms with van der Waals surface area (Å²) in [6.45, 7) is 2.91. The van der Waals surface area contributed by atoms with Crippen LogP contribution in [-0.2, 0) is 19.7 Å². The first kappa shape index (κ1) is 23.4. The Morgan fingerprint density at radius 2 is 1.90 bits per heavy atom. The lowest BCUT2D eigenvalue weighted by Crippen LogP contribution is -2.16. The molecular formula is C21H24Cl3N3O2. The quantitative estimate of drug-likeness (QED) is 0.416.